The van der Waals surface area contributed by atoms with Crippen LogP contribution in [-0.4, -0.2) is 30.6 Å². The second kappa shape index (κ2) is 6.97. The van der Waals surface area contributed by atoms with E-state index in [0.717, 1.165) is 11.1 Å². The Labute approximate surface area is 139 Å². The van der Waals surface area contributed by atoms with Crippen molar-refractivity contribution < 1.29 is 18.7 Å². The molecule has 0 radical (unpaired) electrons. The monoisotopic (exact) mass is 330 g/mol. The first-order valence-corrected chi connectivity index (χ1v) is 7.77. The second-order valence-corrected chi connectivity index (χ2v) is 5.78. The van der Waals surface area contributed by atoms with E-state index in [2.05, 4.69) is 10.3 Å². The van der Waals surface area contributed by atoms with Gasteiger partial charge in [-0.05, 0) is 31.5 Å². The molecule has 1 amide bonds. The Kier molecular flexibility index (Phi) is 4.76. The fourth-order valence-corrected chi connectivity index (χ4v) is 2.81. The molecule has 1 aliphatic heterocycles. The SMILES string of the molecule is COc1ccc([C@H]2OCC[C@@H]2NC(=O)c2cc(C)ccc2F)cn1. The Morgan fingerprint density at radius 1 is 1.38 bits per heavy atom. The lowest BCUT2D eigenvalue weighted by Crippen LogP contribution is -2.37. The van der Waals surface area contributed by atoms with Crippen molar-refractivity contribution in [1.29, 1.82) is 0 Å². The molecule has 1 aromatic carbocycles. The van der Waals surface area contributed by atoms with Crippen molar-refractivity contribution in [3.8, 4) is 5.88 Å². The second-order valence-electron chi connectivity index (χ2n) is 5.78. The molecule has 0 bridgehead atoms. The van der Waals surface area contributed by atoms with Crippen LogP contribution in [0.2, 0.25) is 0 Å². The fraction of sp³-hybridized carbons (Fsp3) is 0.333. The number of hydrogen-bond donors (Lipinski definition) is 1. The highest BCUT2D eigenvalue weighted by atomic mass is 19.1. The van der Waals surface area contributed by atoms with Crippen LogP contribution in [0.25, 0.3) is 0 Å². The summed E-state index contributed by atoms with van der Waals surface area (Å²) in [4.78, 5) is 16.6. The van der Waals surface area contributed by atoms with E-state index < -0.39 is 11.7 Å². The lowest BCUT2D eigenvalue weighted by atomic mass is 10.0. The number of benzene rings is 1. The van der Waals surface area contributed by atoms with Gasteiger partial charge in [0.05, 0.1) is 18.7 Å². The Bertz CT molecular complexity index is 734. The highest BCUT2D eigenvalue weighted by Gasteiger charge is 2.32. The standard InChI is InChI=1S/C18H19FN2O3/c1-11-3-5-14(19)13(9-11)18(22)21-15-7-8-24-17(15)12-4-6-16(23-2)20-10-12/h3-6,9-10,15,17H,7-8H2,1-2H3,(H,21,22)/t15-,17+/m0/s1. The van der Waals surface area contributed by atoms with E-state index in [1.807, 2.05) is 13.0 Å². The topological polar surface area (TPSA) is 60.5 Å². The molecule has 6 heteroatoms. The van der Waals surface area contributed by atoms with Crippen LogP contribution in [0, 0.1) is 12.7 Å². The van der Waals surface area contributed by atoms with E-state index in [4.69, 9.17) is 9.47 Å². The highest BCUT2D eigenvalue weighted by molar-refractivity contribution is 5.94. The molecule has 2 atom stereocenters. The van der Waals surface area contributed by atoms with Crippen LogP contribution in [0.15, 0.2) is 36.5 Å². The third-order valence-electron chi connectivity index (χ3n) is 4.07. The zero-order valence-electron chi connectivity index (χ0n) is 13.6. The molecule has 3 rings (SSSR count). The van der Waals surface area contributed by atoms with Gasteiger partial charge in [0, 0.05) is 24.4 Å². The minimum atomic E-state index is -0.528. The van der Waals surface area contributed by atoms with Gasteiger partial charge in [-0.2, -0.15) is 0 Å². The van der Waals surface area contributed by atoms with Crippen LogP contribution in [-0.2, 0) is 4.74 Å². The number of nitrogens with one attached hydrogen (secondary N) is 1. The summed E-state index contributed by atoms with van der Waals surface area (Å²) in [7, 11) is 1.55. The minimum absolute atomic E-state index is 0.0495. The lowest BCUT2D eigenvalue weighted by molar-refractivity contribution is 0.0817. The Hall–Kier alpha value is -2.47. The molecule has 1 aliphatic rings. The molecular weight excluding hydrogens is 311 g/mol. The molecule has 5 nitrogen and oxygen atoms in total. The number of ether oxygens (including phenoxy) is 2. The number of halogens is 1. The summed E-state index contributed by atoms with van der Waals surface area (Å²) in [5.41, 5.74) is 1.73. The first-order chi connectivity index (χ1) is 11.6. The van der Waals surface area contributed by atoms with E-state index in [-0.39, 0.29) is 17.7 Å². The van der Waals surface area contributed by atoms with Gasteiger partial charge in [-0.3, -0.25) is 4.79 Å². The maximum Gasteiger partial charge on any atom is 0.254 e. The van der Waals surface area contributed by atoms with Gasteiger partial charge >= 0.3 is 0 Å². The molecule has 24 heavy (non-hydrogen) atoms. The number of carbonyl (C=O) groups excluding carboxylic acids is 1. The number of amides is 1. The van der Waals surface area contributed by atoms with Crippen molar-refractivity contribution in [3.05, 3.63) is 59.0 Å². The van der Waals surface area contributed by atoms with Gasteiger partial charge in [0.2, 0.25) is 5.88 Å². The molecule has 0 unspecified atom stereocenters. The summed E-state index contributed by atoms with van der Waals surface area (Å²) in [6, 6.07) is 7.86. The minimum Gasteiger partial charge on any atom is -0.481 e. The maximum atomic E-state index is 13.9. The molecule has 0 saturated carbocycles. The summed E-state index contributed by atoms with van der Waals surface area (Å²) in [6.07, 6.45) is 2.03. The number of nitrogens with zero attached hydrogens (tertiary/aromatic N) is 1. The number of aryl methyl sites for hydroxylation is 1. The molecule has 2 heterocycles. The predicted octanol–water partition coefficient (Wildman–Crippen LogP) is 2.80. The van der Waals surface area contributed by atoms with Crippen LogP contribution in [0.5, 0.6) is 5.88 Å². The van der Waals surface area contributed by atoms with E-state index in [1.54, 1.807) is 31.5 Å². The molecule has 1 saturated heterocycles. The van der Waals surface area contributed by atoms with E-state index in [0.29, 0.717) is 18.9 Å². The summed E-state index contributed by atoms with van der Waals surface area (Å²) in [5, 5.41) is 2.88. The smallest absolute Gasteiger partial charge is 0.254 e. The van der Waals surface area contributed by atoms with Gasteiger partial charge in [-0.25, -0.2) is 9.37 Å². The van der Waals surface area contributed by atoms with Gasteiger partial charge in [-0.15, -0.1) is 0 Å². The van der Waals surface area contributed by atoms with E-state index in [9.17, 15) is 9.18 Å². The molecular formula is C18H19FN2O3. The number of pyridine rings is 1. The number of rotatable bonds is 4. The first kappa shape index (κ1) is 16.4. The van der Waals surface area contributed by atoms with Gasteiger partial charge in [0.15, 0.2) is 0 Å². The van der Waals surface area contributed by atoms with E-state index >= 15 is 0 Å². The van der Waals surface area contributed by atoms with Gasteiger partial charge in [0.25, 0.3) is 5.91 Å². The quantitative estimate of drug-likeness (QED) is 0.936. The van der Waals surface area contributed by atoms with Crippen molar-refractivity contribution in [2.75, 3.05) is 13.7 Å². The molecule has 1 N–H and O–H groups in total. The van der Waals surface area contributed by atoms with Crippen LogP contribution in [0.4, 0.5) is 4.39 Å². The largest absolute Gasteiger partial charge is 0.481 e. The number of methoxy groups -OCH3 is 1. The van der Waals surface area contributed by atoms with Crippen molar-refractivity contribution in [1.82, 2.24) is 10.3 Å². The maximum absolute atomic E-state index is 13.9. The predicted molar refractivity (Wildman–Crippen MR) is 86.5 cm³/mol. The molecule has 0 aliphatic carbocycles. The molecule has 2 aromatic rings. The van der Waals surface area contributed by atoms with Crippen molar-refractivity contribution in [2.24, 2.45) is 0 Å². The first-order valence-electron chi connectivity index (χ1n) is 7.77. The van der Waals surface area contributed by atoms with Crippen molar-refractivity contribution in [3.63, 3.8) is 0 Å². The molecule has 126 valence electrons. The highest BCUT2D eigenvalue weighted by Crippen LogP contribution is 2.29. The van der Waals surface area contributed by atoms with Gasteiger partial charge in [-0.1, -0.05) is 11.6 Å². The summed E-state index contributed by atoms with van der Waals surface area (Å²) < 4.78 is 24.7. The molecule has 1 aromatic heterocycles. The van der Waals surface area contributed by atoms with E-state index in [1.165, 1.54) is 6.07 Å². The summed E-state index contributed by atoms with van der Waals surface area (Å²) in [6.45, 7) is 2.35. The average Bonchev–Trinajstić information content (AvgIpc) is 3.05. The third kappa shape index (κ3) is 3.38. The van der Waals surface area contributed by atoms with Gasteiger partial charge in [0.1, 0.15) is 11.9 Å². The zero-order chi connectivity index (χ0) is 17.1. The van der Waals surface area contributed by atoms with Crippen molar-refractivity contribution in [2.45, 2.75) is 25.5 Å². The van der Waals surface area contributed by atoms with Crippen LogP contribution < -0.4 is 10.1 Å². The Balaban J connectivity index is 1.75. The Morgan fingerprint density at radius 3 is 2.92 bits per heavy atom. The normalized spacial score (nSPS) is 20.0. The summed E-state index contributed by atoms with van der Waals surface area (Å²) >= 11 is 0. The average molecular weight is 330 g/mol. The number of aromatic nitrogens is 1. The fourth-order valence-electron chi connectivity index (χ4n) is 2.81. The summed E-state index contributed by atoms with van der Waals surface area (Å²) in [5.74, 6) is -0.447. The Morgan fingerprint density at radius 2 is 2.21 bits per heavy atom. The van der Waals surface area contributed by atoms with Crippen molar-refractivity contribution >= 4 is 5.91 Å². The third-order valence-corrected chi connectivity index (χ3v) is 4.07. The number of carbonyl (C=O) groups is 1. The van der Waals surface area contributed by atoms with Crippen LogP contribution in [0.1, 0.15) is 34.0 Å². The van der Waals surface area contributed by atoms with Gasteiger partial charge < -0.3 is 14.8 Å². The lowest BCUT2D eigenvalue weighted by Gasteiger charge is -2.20. The molecule has 1 fully saturated rings. The van der Waals surface area contributed by atoms with Crippen LogP contribution in [0.3, 0.4) is 0 Å². The molecule has 0 spiro atoms. The van der Waals surface area contributed by atoms with Crippen LogP contribution >= 0.6 is 0 Å². The zero-order valence-corrected chi connectivity index (χ0v) is 13.6. The number of hydrogen-bond acceptors (Lipinski definition) is 4.